The lowest BCUT2D eigenvalue weighted by molar-refractivity contribution is 0.627. The lowest BCUT2D eigenvalue weighted by atomic mass is 10.1. The number of rotatable bonds is 4. The Hall–Kier alpha value is -1.81. The van der Waals surface area contributed by atoms with Gasteiger partial charge in [-0.15, -0.1) is 0 Å². The minimum atomic E-state index is -0.967. The van der Waals surface area contributed by atoms with Gasteiger partial charge in [-0.25, -0.2) is 13.2 Å². The molecule has 0 aliphatic carbocycles. The Morgan fingerprint density at radius 2 is 1.30 bits per heavy atom. The summed E-state index contributed by atoms with van der Waals surface area (Å²) in [4.78, 5) is 0. The van der Waals surface area contributed by atoms with Gasteiger partial charge >= 0.3 is 0 Å². The summed E-state index contributed by atoms with van der Waals surface area (Å²) in [5.41, 5.74) is 0.247. The molecular formula is C16H15F3Si. The molecule has 0 aliphatic heterocycles. The summed E-state index contributed by atoms with van der Waals surface area (Å²) in [5.74, 6) is -2.36. The van der Waals surface area contributed by atoms with E-state index in [2.05, 4.69) is 6.92 Å². The summed E-state index contributed by atoms with van der Waals surface area (Å²) in [6.45, 7) is 2.12. The van der Waals surface area contributed by atoms with E-state index in [1.165, 1.54) is 17.3 Å². The quantitative estimate of drug-likeness (QED) is 0.593. The number of halogens is 3. The van der Waals surface area contributed by atoms with Crippen molar-refractivity contribution in [2.24, 2.45) is 0 Å². The summed E-state index contributed by atoms with van der Waals surface area (Å²) in [6, 6.07) is 12.7. The van der Waals surface area contributed by atoms with Gasteiger partial charge in [-0.3, -0.25) is 0 Å². The molecule has 2 aromatic rings. The molecule has 0 heterocycles. The van der Waals surface area contributed by atoms with Crippen LogP contribution in [0.15, 0.2) is 48.5 Å². The van der Waals surface area contributed by atoms with Crippen LogP contribution in [0.5, 0.6) is 0 Å². The molecule has 0 radical (unpaired) electrons. The van der Waals surface area contributed by atoms with Crippen LogP contribution in [-0.4, -0.2) is 9.52 Å². The average molecular weight is 292 g/mol. The summed E-state index contributed by atoms with van der Waals surface area (Å²) < 4.78 is 40.8. The smallest absolute Gasteiger partial charge is 0.166 e. The Bertz CT molecular complexity index is 601. The van der Waals surface area contributed by atoms with Crippen LogP contribution in [0.4, 0.5) is 13.2 Å². The van der Waals surface area contributed by atoms with Gasteiger partial charge in [-0.1, -0.05) is 42.4 Å². The Labute approximate surface area is 118 Å². The van der Waals surface area contributed by atoms with E-state index in [-0.39, 0.29) is 20.6 Å². The average Bonchev–Trinajstić information content (AvgIpc) is 2.48. The molecule has 0 aliphatic rings. The van der Waals surface area contributed by atoms with Gasteiger partial charge in [0.1, 0.15) is 5.82 Å². The molecule has 0 nitrogen and oxygen atoms in total. The fourth-order valence-corrected chi connectivity index (χ4v) is 3.10. The van der Waals surface area contributed by atoms with Crippen LogP contribution in [0, 0.1) is 5.82 Å². The maximum absolute atomic E-state index is 14.1. The van der Waals surface area contributed by atoms with Gasteiger partial charge in [0.2, 0.25) is 0 Å². The van der Waals surface area contributed by atoms with Crippen LogP contribution in [0.2, 0.25) is 6.04 Å². The SMILES string of the molecule is CC[SiH2]c1ccc(C(F)=C(F)c2ccc(F)cc2)cc1. The molecule has 0 saturated carbocycles. The van der Waals surface area contributed by atoms with Gasteiger partial charge in [0.25, 0.3) is 0 Å². The van der Waals surface area contributed by atoms with E-state index in [0.29, 0.717) is 0 Å². The van der Waals surface area contributed by atoms with Crippen LogP contribution in [0.3, 0.4) is 0 Å². The predicted molar refractivity (Wildman–Crippen MR) is 80.5 cm³/mol. The molecule has 0 amide bonds. The van der Waals surface area contributed by atoms with Gasteiger partial charge in [0.15, 0.2) is 11.7 Å². The Morgan fingerprint density at radius 3 is 1.75 bits per heavy atom. The third kappa shape index (κ3) is 3.39. The van der Waals surface area contributed by atoms with Crippen molar-refractivity contribution in [3.8, 4) is 0 Å². The second-order valence-electron chi connectivity index (χ2n) is 4.58. The van der Waals surface area contributed by atoms with E-state index in [9.17, 15) is 13.2 Å². The molecule has 0 unspecified atom stereocenters. The van der Waals surface area contributed by atoms with Crippen LogP contribution >= 0.6 is 0 Å². The van der Waals surface area contributed by atoms with Gasteiger partial charge in [-0.2, -0.15) is 0 Å². The minimum Gasteiger partial charge on any atom is -0.207 e. The fourth-order valence-electron chi connectivity index (χ4n) is 1.96. The lowest BCUT2D eigenvalue weighted by Crippen LogP contribution is -2.11. The lowest BCUT2D eigenvalue weighted by Gasteiger charge is -2.04. The Balaban J connectivity index is 2.30. The first-order valence-electron chi connectivity index (χ1n) is 6.52. The minimum absolute atomic E-state index is 0.0379. The van der Waals surface area contributed by atoms with Gasteiger partial charge < -0.3 is 0 Å². The molecule has 0 saturated heterocycles. The third-order valence-corrected chi connectivity index (χ3v) is 4.59. The van der Waals surface area contributed by atoms with Crippen molar-refractivity contribution >= 4 is 26.4 Å². The summed E-state index contributed by atoms with van der Waals surface area (Å²) in [6.07, 6.45) is 0. The maximum atomic E-state index is 14.1. The Kier molecular flexibility index (Phi) is 4.79. The number of hydrogen-bond acceptors (Lipinski definition) is 0. The standard InChI is InChI=1S/C16H15F3Si/c1-2-20-14-9-5-12(6-10-14)16(19)15(18)11-3-7-13(17)8-4-11/h3-10H,2,20H2,1H3. The van der Waals surface area contributed by atoms with Crippen LogP contribution in [-0.2, 0) is 0 Å². The highest BCUT2D eigenvalue weighted by molar-refractivity contribution is 6.53. The molecule has 0 atom stereocenters. The summed E-state index contributed by atoms with van der Waals surface area (Å²) >= 11 is 0. The van der Waals surface area contributed by atoms with E-state index >= 15 is 0 Å². The fraction of sp³-hybridized carbons (Fsp3) is 0.125. The van der Waals surface area contributed by atoms with Crippen LogP contribution in [0.25, 0.3) is 11.7 Å². The van der Waals surface area contributed by atoms with Crippen molar-refractivity contribution in [3.05, 3.63) is 65.5 Å². The summed E-state index contributed by atoms with van der Waals surface area (Å²) in [7, 11) is -0.290. The van der Waals surface area contributed by atoms with E-state index in [1.54, 1.807) is 12.1 Å². The maximum Gasteiger partial charge on any atom is 0.166 e. The molecule has 104 valence electrons. The molecule has 0 fully saturated rings. The topological polar surface area (TPSA) is 0 Å². The second kappa shape index (κ2) is 6.57. The second-order valence-corrected chi connectivity index (χ2v) is 6.90. The number of benzene rings is 2. The van der Waals surface area contributed by atoms with E-state index in [4.69, 9.17) is 0 Å². The number of hydrogen-bond donors (Lipinski definition) is 0. The van der Waals surface area contributed by atoms with Gasteiger partial charge in [0.05, 0.1) is 9.52 Å². The highest BCUT2D eigenvalue weighted by Gasteiger charge is 2.11. The van der Waals surface area contributed by atoms with Crippen molar-refractivity contribution < 1.29 is 13.2 Å². The molecule has 0 aromatic heterocycles. The van der Waals surface area contributed by atoms with Crippen LogP contribution < -0.4 is 5.19 Å². The molecule has 2 aromatic carbocycles. The van der Waals surface area contributed by atoms with Crippen molar-refractivity contribution in [2.75, 3.05) is 0 Å². The van der Waals surface area contributed by atoms with Crippen molar-refractivity contribution in [2.45, 2.75) is 13.0 Å². The zero-order chi connectivity index (χ0) is 14.5. The molecular weight excluding hydrogens is 277 g/mol. The van der Waals surface area contributed by atoms with E-state index in [1.807, 2.05) is 12.1 Å². The highest BCUT2D eigenvalue weighted by Crippen LogP contribution is 2.28. The first-order chi connectivity index (χ1) is 9.61. The third-order valence-electron chi connectivity index (χ3n) is 3.04. The monoisotopic (exact) mass is 292 g/mol. The zero-order valence-electron chi connectivity index (χ0n) is 11.2. The molecule has 0 spiro atoms. The first-order valence-corrected chi connectivity index (χ1v) is 8.23. The largest absolute Gasteiger partial charge is 0.207 e. The zero-order valence-corrected chi connectivity index (χ0v) is 12.6. The predicted octanol–water partition coefficient (Wildman–Crippen LogP) is 3.82. The van der Waals surface area contributed by atoms with Crippen molar-refractivity contribution in [1.82, 2.24) is 0 Å². The van der Waals surface area contributed by atoms with Crippen molar-refractivity contribution in [3.63, 3.8) is 0 Å². The van der Waals surface area contributed by atoms with E-state index < -0.39 is 17.5 Å². The molecule has 0 bridgehead atoms. The van der Waals surface area contributed by atoms with Crippen LogP contribution in [0.1, 0.15) is 18.1 Å². The van der Waals surface area contributed by atoms with E-state index in [0.717, 1.165) is 18.2 Å². The Morgan fingerprint density at radius 1 is 0.850 bits per heavy atom. The summed E-state index contributed by atoms with van der Waals surface area (Å²) in [5, 5.41) is 1.23. The molecule has 20 heavy (non-hydrogen) atoms. The van der Waals surface area contributed by atoms with Gasteiger partial charge in [0, 0.05) is 11.1 Å². The molecule has 0 N–H and O–H groups in total. The highest BCUT2D eigenvalue weighted by atomic mass is 28.2. The molecule has 2 rings (SSSR count). The van der Waals surface area contributed by atoms with Gasteiger partial charge in [-0.05, 0) is 24.3 Å². The van der Waals surface area contributed by atoms with Crippen molar-refractivity contribution in [1.29, 1.82) is 0 Å². The normalized spacial score (nSPS) is 12.8. The molecule has 4 heteroatoms. The first kappa shape index (κ1) is 14.6.